The van der Waals surface area contributed by atoms with Crippen molar-refractivity contribution in [3.8, 4) is 5.75 Å². The van der Waals surface area contributed by atoms with Crippen LogP contribution in [0.5, 0.6) is 5.75 Å². The van der Waals surface area contributed by atoms with Gasteiger partial charge >= 0.3 is 0 Å². The molecule has 0 aliphatic carbocycles. The summed E-state index contributed by atoms with van der Waals surface area (Å²) in [5.41, 5.74) is 2.04. The van der Waals surface area contributed by atoms with Gasteiger partial charge in [0.1, 0.15) is 17.0 Å². The molecule has 3 aromatic heterocycles. The van der Waals surface area contributed by atoms with Crippen LogP contribution in [0.2, 0.25) is 0 Å². The third-order valence-corrected chi connectivity index (χ3v) is 5.54. The van der Waals surface area contributed by atoms with Crippen LogP contribution in [-0.4, -0.2) is 32.8 Å². The highest BCUT2D eigenvalue weighted by Gasteiger charge is 2.26. The van der Waals surface area contributed by atoms with E-state index in [1.54, 1.807) is 35.2 Å². The SMILES string of the molecule is COc1cccc2sc(N(Cc3ccccn3)C(=O)c3ccnn3C(C)C)nc12. The summed E-state index contributed by atoms with van der Waals surface area (Å²) >= 11 is 1.45. The minimum atomic E-state index is -0.167. The molecular formula is C21H21N5O2S. The lowest BCUT2D eigenvalue weighted by Gasteiger charge is -2.21. The summed E-state index contributed by atoms with van der Waals surface area (Å²) in [6, 6.07) is 13.2. The fourth-order valence-corrected chi connectivity index (χ4v) is 4.09. The number of aromatic nitrogens is 4. The summed E-state index contributed by atoms with van der Waals surface area (Å²) in [6.07, 6.45) is 3.37. The smallest absolute Gasteiger partial charge is 0.278 e. The number of hydrogen-bond donors (Lipinski definition) is 0. The monoisotopic (exact) mass is 407 g/mol. The van der Waals surface area contributed by atoms with E-state index in [0.717, 1.165) is 15.9 Å². The average molecular weight is 407 g/mol. The third-order valence-electron chi connectivity index (χ3n) is 4.49. The van der Waals surface area contributed by atoms with Crippen LogP contribution in [0.4, 0.5) is 5.13 Å². The van der Waals surface area contributed by atoms with E-state index >= 15 is 0 Å². The van der Waals surface area contributed by atoms with E-state index in [1.165, 1.54) is 11.3 Å². The molecule has 0 bridgehead atoms. The summed E-state index contributed by atoms with van der Waals surface area (Å²) < 4.78 is 8.11. The molecule has 0 fully saturated rings. The number of pyridine rings is 1. The largest absolute Gasteiger partial charge is 0.494 e. The Morgan fingerprint density at radius 1 is 1.17 bits per heavy atom. The zero-order valence-corrected chi connectivity index (χ0v) is 17.3. The quantitative estimate of drug-likeness (QED) is 0.476. The van der Waals surface area contributed by atoms with Gasteiger partial charge in [-0.15, -0.1) is 0 Å². The first-order valence-corrected chi connectivity index (χ1v) is 10.1. The molecule has 1 aromatic carbocycles. The van der Waals surface area contributed by atoms with E-state index in [-0.39, 0.29) is 11.9 Å². The molecule has 0 N–H and O–H groups in total. The van der Waals surface area contributed by atoms with Crippen molar-refractivity contribution in [1.29, 1.82) is 0 Å². The summed E-state index contributed by atoms with van der Waals surface area (Å²) in [4.78, 5) is 24.3. The van der Waals surface area contributed by atoms with Crippen LogP contribution in [-0.2, 0) is 6.54 Å². The lowest BCUT2D eigenvalue weighted by atomic mass is 10.3. The Bertz CT molecular complexity index is 1140. The molecular weight excluding hydrogens is 386 g/mol. The molecule has 0 unspecified atom stereocenters. The van der Waals surface area contributed by atoms with Gasteiger partial charge in [0.05, 0.1) is 24.0 Å². The highest BCUT2D eigenvalue weighted by Crippen LogP contribution is 2.35. The van der Waals surface area contributed by atoms with Crippen LogP contribution in [0.25, 0.3) is 10.2 Å². The van der Waals surface area contributed by atoms with Crippen molar-refractivity contribution in [2.45, 2.75) is 26.4 Å². The third kappa shape index (κ3) is 3.71. The highest BCUT2D eigenvalue weighted by molar-refractivity contribution is 7.22. The minimum absolute atomic E-state index is 0.0658. The number of carbonyl (C=O) groups excluding carboxylic acids is 1. The van der Waals surface area contributed by atoms with Crippen molar-refractivity contribution in [1.82, 2.24) is 19.7 Å². The number of methoxy groups -OCH3 is 1. The predicted octanol–water partition coefficient (Wildman–Crippen LogP) is 4.32. The van der Waals surface area contributed by atoms with Crippen molar-refractivity contribution in [2.24, 2.45) is 0 Å². The summed E-state index contributed by atoms with van der Waals surface area (Å²) in [5, 5.41) is 4.90. The first kappa shape index (κ1) is 19.1. The molecule has 0 aliphatic rings. The van der Waals surface area contributed by atoms with Gasteiger partial charge in [-0.2, -0.15) is 5.10 Å². The van der Waals surface area contributed by atoms with Gasteiger partial charge in [0, 0.05) is 18.4 Å². The maximum absolute atomic E-state index is 13.5. The molecule has 148 valence electrons. The number of ether oxygens (including phenoxy) is 1. The van der Waals surface area contributed by atoms with E-state index in [4.69, 9.17) is 9.72 Å². The number of carbonyl (C=O) groups is 1. The molecule has 29 heavy (non-hydrogen) atoms. The summed E-state index contributed by atoms with van der Waals surface area (Å²) in [7, 11) is 1.62. The molecule has 0 atom stereocenters. The Kier molecular flexibility index (Phi) is 5.26. The van der Waals surface area contributed by atoms with Crippen LogP contribution in [0.1, 0.15) is 36.1 Å². The second-order valence-electron chi connectivity index (χ2n) is 6.77. The Labute approximate surface area is 172 Å². The van der Waals surface area contributed by atoms with Crippen molar-refractivity contribution >= 4 is 32.6 Å². The highest BCUT2D eigenvalue weighted by atomic mass is 32.1. The van der Waals surface area contributed by atoms with Gasteiger partial charge in [-0.1, -0.05) is 23.5 Å². The second kappa shape index (κ2) is 8.00. The van der Waals surface area contributed by atoms with E-state index in [1.807, 2.05) is 50.2 Å². The van der Waals surface area contributed by atoms with E-state index in [9.17, 15) is 4.79 Å². The molecule has 0 spiro atoms. The van der Waals surface area contributed by atoms with Gasteiger partial charge in [0.25, 0.3) is 5.91 Å². The summed E-state index contributed by atoms with van der Waals surface area (Å²) in [6.45, 7) is 4.30. The number of amides is 1. The van der Waals surface area contributed by atoms with Crippen LogP contribution in [0.15, 0.2) is 54.9 Å². The van der Waals surface area contributed by atoms with Gasteiger partial charge in [-0.3, -0.25) is 19.4 Å². The van der Waals surface area contributed by atoms with Crippen molar-refractivity contribution in [2.75, 3.05) is 12.0 Å². The number of thiazole rings is 1. The molecule has 0 aliphatic heterocycles. The molecule has 4 rings (SSSR count). The number of nitrogens with zero attached hydrogens (tertiary/aromatic N) is 5. The normalized spacial score (nSPS) is 11.2. The number of anilines is 1. The zero-order chi connectivity index (χ0) is 20.4. The molecule has 0 saturated carbocycles. The van der Waals surface area contributed by atoms with Gasteiger partial charge in [-0.25, -0.2) is 4.98 Å². The Balaban J connectivity index is 1.80. The number of benzene rings is 1. The number of fused-ring (bicyclic) bond motifs is 1. The van der Waals surface area contributed by atoms with Crippen molar-refractivity contribution in [3.05, 3.63) is 66.2 Å². The van der Waals surface area contributed by atoms with Crippen LogP contribution >= 0.6 is 11.3 Å². The number of para-hydroxylation sites is 1. The van der Waals surface area contributed by atoms with E-state index < -0.39 is 0 Å². The topological polar surface area (TPSA) is 73.1 Å². The summed E-state index contributed by atoms with van der Waals surface area (Å²) in [5.74, 6) is 0.516. The maximum Gasteiger partial charge on any atom is 0.278 e. The van der Waals surface area contributed by atoms with Gasteiger partial charge in [0.2, 0.25) is 0 Å². The van der Waals surface area contributed by atoms with Gasteiger partial charge in [0.15, 0.2) is 5.13 Å². The molecule has 0 saturated heterocycles. The van der Waals surface area contributed by atoms with Gasteiger partial charge < -0.3 is 4.74 Å². The Morgan fingerprint density at radius 3 is 2.76 bits per heavy atom. The lowest BCUT2D eigenvalue weighted by Crippen LogP contribution is -2.32. The Hall–Kier alpha value is -3.26. The number of rotatable bonds is 6. The lowest BCUT2D eigenvalue weighted by molar-refractivity contribution is 0.0972. The van der Waals surface area contributed by atoms with Crippen LogP contribution in [0.3, 0.4) is 0 Å². The number of hydrogen-bond acceptors (Lipinski definition) is 6. The second-order valence-corrected chi connectivity index (χ2v) is 7.78. The standard InChI is InChI=1S/C21H21N5O2S/c1-14(2)26-16(10-12-23-26)20(27)25(13-15-7-4-5-11-22-15)21-24-19-17(28-3)8-6-9-18(19)29-21/h4-12,14H,13H2,1-3H3. The molecule has 8 heteroatoms. The minimum Gasteiger partial charge on any atom is -0.494 e. The van der Waals surface area contributed by atoms with Crippen LogP contribution < -0.4 is 9.64 Å². The van der Waals surface area contributed by atoms with E-state index in [0.29, 0.717) is 23.1 Å². The van der Waals surface area contributed by atoms with Crippen molar-refractivity contribution in [3.63, 3.8) is 0 Å². The molecule has 7 nitrogen and oxygen atoms in total. The molecule has 1 amide bonds. The first-order valence-electron chi connectivity index (χ1n) is 9.27. The molecule has 0 radical (unpaired) electrons. The predicted molar refractivity (Wildman–Crippen MR) is 114 cm³/mol. The fraction of sp³-hybridized carbons (Fsp3) is 0.238. The van der Waals surface area contributed by atoms with E-state index in [2.05, 4.69) is 10.1 Å². The average Bonchev–Trinajstić information content (AvgIpc) is 3.39. The molecule has 4 aromatic rings. The first-order chi connectivity index (χ1) is 14.1. The van der Waals surface area contributed by atoms with Gasteiger partial charge in [-0.05, 0) is 44.2 Å². The molecule has 3 heterocycles. The maximum atomic E-state index is 13.5. The zero-order valence-electron chi connectivity index (χ0n) is 16.4. The Morgan fingerprint density at radius 2 is 2.03 bits per heavy atom. The van der Waals surface area contributed by atoms with Crippen LogP contribution in [0, 0.1) is 0 Å². The fourth-order valence-electron chi connectivity index (χ4n) is 3.11. The van der Waals surface area contributed by atoms with Crippen molar-refractivity contribution < 1.29 is 9.53 Å².